The Morgan fingerprint density at radius 2 is 1.71 bits per heavy atom. The van der Waals surface area contributed by atoms with Crippen LogP contribution in [0.3, 0.4) is 0 Å². The van der Waals surface area contributed by atoms with Gasteiger partial charge in [0, 0.05) is 45.2 Å². The maximum atomic E-state index is 13.3. The Bertz CT molecular complexity index is 1030. The zero-order valence-corrected chi connectivity index (χ0v) is 20.4. The Kier molecular flexibility index (Phi) is 6.81. The number of hydrogen-bond donors (Lipinski definition) is 1. The zero-order chi connectivity index (χ0) is 23.7. The molecule has 2 amide bonds. The fourth-order valence-corrected chi connectivity index (χ4v) is 7.09. The van der Waals surface area contributed by atoms with E-state index in [1.807, 2.05) is 4.90 Å². The standard InChI is InChI=1S/C24H34N4O5S/c29-23-15-18(17-28(23)19-5-1-2-6-19)24(30)25-21-16-20(7-8-22(21)26-9-3-4-10-26)34(31,32)27-11-13-33-14-12-27/h7-8,16,18-19H,1-6,9-15,17H2,(H,25,30)/t18-/m1/s1. The lowest BCUT2D eigenvalue weighted by molar-refractivity contribution is -0.129. The van der Waals surface area contributed by atoms with Crippen LogP contribution in [0.2, 0.25) is 0 Å². The Labute approximate surface area is 201 Å². The number of hydrogen-bond acceptors (Lipinski definition) is 6. The number of carbonyl (C=O) groups excluding carboxylic acids is 2. The summed E-state index contributed by atoms with van der Waals surface area (Å²) in [4.78, 5) is 30.1. The molecule has 4 aliphatic rings. The van der Waals surface area contributed by atoms with Crippen LogP contribution in [-0.4, -0.2) is 81.4 Å². The van der Waals surface area contributed by atoms with Gasteiger partial charge >= 0.3 is 0 Å². The van der Waals surface area contributed by atoms with Crippen LogP contribution in [0.5, 0.6) is 0 Å². The molecule has 1 aromatic rings. The van der Waals surface area contributed by atoms with E-state index < -0.39 is 15.9 Å². The minimum Gasteiger partial charge on any atom is -0.379 e. The molecule has 5 rings (SSSR count). The van der Waals surface area contributed by atoms with E-state index >= 15 is 0 Å². The lowest BCUT2D eigenvalue weighted by Crippen LogP contribution is -2.40. The Hall–Kier alpha value is -2.17. The summed E-state index contributed by atoms with van der Waals surface area (Å²) in [5.74, 6) is -0.579. The number of ether oxygens (including phenoxy) is 1. The van der Waals surface area contributed by atoms with Crippen LogP contribution >= 0.6 is 0 Å². The van der Waals surface area contributed by atoms with Gasteiger partial charge in [-0.1, -0.05) is 12.8 Å². The highest BCUT2D eigenvalue weighted by molar-refractivity contribution is 7.89. The topological polar surface area (TPSA) is 99.3 Å². The predicted molar refractivity (Wildman–Crippen MR) is 128 cm³/mol. The fraction of sp³-hybridized carbons (Fsp3) is 0.667. The van der Waals surface area contributed by atoms with E-state index in [-0.39, 0.29) is 29.2 Å². The number of anilines is 2. The second-order valence-corrected chi connectivity index (χ2v) is 11.7. The number of rotatable bonds is 6. The van der Waals surface area contributed by atoms with Crippen LogP contribution < -0.4 is 10.2 Å². The van der Waals surface area contributed by atoms with Crippen LogP contribution in [0, 0.1) is 5.92 Å². The number of nitrogens with zero attached hydrogens (tertiary/aromatic N) is 3. The molecule has 0 spiro atoms. The third kappa shape index (κ3) is 4.67. The van der Waals surface area contributed by atoms with Crippen LogP contribution in [0.15, 0.2) is 23.1 Å². The predicted octanol–water partition coefficient (Wildman–Crippen LogP) is 2.04. The number of sulfonamides is 1. The number of nitrogens with one attached hydrogen (secondary N) is 1. The van der Waals surface area contributed by atoms with Crippen LogP contribution in [-0.2, 0) is 24.3 Å². The molecular formula is C24H34N4O5S. The van der Waals surface area contributed by atoms with Crippen molar-refractivity contribution >= 4 is 33.2 Å². The van der Waals surface area contributed by atoms with Crippen LogP contribution in [0.1, 0.15) is 44.9 Å². The largest absolute Gasteiger partial charge is 0.379 e. The number of likely N-dealkylation sites (tertiary alicyclic amines) is 1. The molecule has 0 aromatic heterocycles. The quantitative estimate of drug-likeness (QED) is 0.655. The maximum Gasteiger partial charge on any atom is 0.243 e. The molecule has 1 saturated carbocycles. The van der Waals surface area contributed by atoms with Gasteiger partial charge in [-0.25, -0.2) is 8.42 Å². The second kappa shape index (κ2) is 9.83. The van der Waals surface area contributed by atoms with Gasteiger partial charge in [0.15, 0.2) is 0 Å². The second-order valence-electron chi connectivity index (χ2n) is 9.76. The van der Waals surface area contributed by atoms with Crippen molar-refractivity contribution in [2.24, 2.45) is 5.92 Å². The lowest BCUT2D eigenvalue weighted by atomic mass is 10.1. The van der Waals surface area contributed by atoms with Crippen molar-refractivity contribution in [1.29, 1.82) is 0 Å². The summed E-state index contributed by atoms with van der Waals surface area (Å²) >= 11 is 0. The summed E-state index contributed by atoms with van der Waals surface area (Å²) in [5, 5.41) is 3.01. The molecule has 1 N–H and O–H groups in total. The van der Waals surface area contributed by atoms with Crippen molar-refractivity contribution in [1.82, 2.24) is 9.21 Å². The van der Waals surface area contributed by atoms with E-state index in [9.17, 15) is 18.0 Å². The first-order valence-corrected chi connectivity index (χ1v) is 13.9. The highest BCUT2D eigenvalue weighted by Gasteiger charge is 2.39. The van der Waals surface area contributed by atoms with Gasteiger partial charge < -0.3 is 19.9 Å². The lowest BCUT2D eigenvalue weighted by Gasteiger charge is -2.27. The van der Waals surface area contributed by atoms with Crippen molar-refractivity contribution < 1.29 is 22.7 Å². The first kappa shape index (κ1) is 23.6. The van der Waals surface area contributed by atoms with Crippen molar-refractivity contribution in [3.63, 3.8) is 0 Å². The number of benzene rings is 1. The summed E-state index contributed by atoms with van der Waals surface area (Å²) < 4.78 is 33.2. The average Bonchev–Trinajstić information content (AvgIpc) is 3.61. The molecule has 0 radical (unpaired) electrons. The average molecular weight is 491 g/mol. The monoisotopic (exact) mass is 490 g/mol. The van der Waals surface area contributed by atoms with Gasteiger partial charge in [-0.2, -0.15) is 4.31 Å². The summed E-state index contributed by atoms with van der Waals surface area (Å²) in [6.45, 7) is 3.58. The molecule has 9 nitrogen and oxygen atoms in total. The van der Waals surface area contributed by atoms with Crippen LogP contribution in [0.4, 0.5) is 11.4 Å². The molecule has 3 heterocycles. The Balaban J connectivity index is 1.38. The molecule has 1 atom stereocenters. The molecule has 0 bridgehead atoms. The van der Waals surface area contributed by atoms with E-state index in [4.69, 9.17) is 4.74 Å². The molecular weight excluding hydrogens is 456 g/mol. The van der Waals surface area contributed by atoms with Crippen molar-refractivity contribution in [3.05, 3.63) is 18.2 Å². The van der Waals surface area contributed by atoms with Gasteiger partial charge in [-0.05, 0) is 43.9 Å². The summed E-state index contributed by atoms with van der Waals surface area (Å²) in [5.41, 5.74) is 1.34. The van der Waals surface area contributed by atoms with Crippen LogP contribution in [0.25, 0.3) is 0 Å². The van der Waals surface area contributed by atoms with Crippen molar-refractivity contribution in [2.45, 2.75) is 55.9 Å². The molecule has 0 unspecified atom stereocenters. The Morgan fingerprint density at radius 1 is 1.00 bits per heavy atom. The minimum absolute atomic E-state index is 0.0514. The van der Waals surface area contributed by atoms with Gasteiger partial charge in [-0.3, -0.25) is 9.59 Å². The van der Waals surface area contributed by atoms with Crippen molar-refractivity contribution in [3.8, 4) is 0 Å². The highest BCUT2D eigenvalue weighted by atomic mass is 32.2. The summed E-state index contributed by atoms with van der Waals surface area (Å²) in [7, 11) is -3.69. The molecule has 186 valence electrons. The SMILES string of the molecule is O=C(Nc1cc(S(=O)(=O)N2CCOCC2)ccc1N1CCCC1)[C@@H]1CC(=O)N(C2CCCC2)C1. The first-order chi connectivity index (χ1) is 16.4. The van der Waals surface area contributed by atoms with E-state index in [2.05, 4.69) is 10.2 Å². The van der Waals surface area contributed by atoms with E-state index in [0.29, 0.717) is 38.5 Å². The molecule has 1 aromatic carbocycles. The van der Waals surface area contributed by atoms with E-state index in [1.165, 1.54) is 4.31 Å². The third-order valence-electron chi connectivity index (χ3n) is 7.58. The molecule has 1 aliphatic carbocycles. The number of morpholine rings is 1. The smallest absolute Gasteiger partial charge is 0.243 e. The number of carbonyl (C=O) groups is 2. The fourth-order valence-electron chi connectivity index (χ4n) is 5.66. The Morgan fingerprint density at radius 3 is 2.41 bits per heavy atom. The van der Waals surface area contributed by atoms with Crippen molar-refractivity contribution in [2.75, 3.05) is 56.2 Å². The maximum absolute atomic E-state index is 13.3. The number of amides is 2. The molecule has 4 fully saturated rings. The molecule has 34 heavy (non-hydrogen) atoms. The van der Waals surface area contributed by atoms with Gasteiger partial charge in [0.25, 0.3) is 0 Å². The van der Waals surface area contributed by atoms with E-state index in [1.54, 1.807) is 18.2 Å². The molecule has 3 aliphatic heterocycles. The highest BCUT2D eigenvalue weighted by Crippen LogP contribution is 2.34. The molecule has 3 saturated heterocycles. The normalized spacial score (nSPS) is 24.8. The summed E-state index contributed by atoms with van der Waals surface area (Å²) in [6.07, 6.45) is 6.64. The first-order valence-electron chi connectivity index (χ1n) is 12.5. The summed E-state index contributed by atoms with van der Waals surface area (Å²) in [6, 6.07) is 5.28. The molecule has 10 heteroatoms. The third-order valence-corrected chi connectivity index (χ3v) is 9.47. The van der Waals surface area contributed by atoms with Gasteiger partial charge in [0.05, 0.1) is 35.4 Å². The minimum atomic E-state index is -3.69. The van der Waals surface area contributed by atoms with E-state index in [0.717, 1.165) is 57.3 Å². The zero-order valence-electron chi connectivity index (χ0n) is 19.6. The van der Waals surface area contributed by atoms with Gasteiger partial charge in [-0.15, -0.1) is 0 Å². The van der Waals surface area contributed by atoms with Gasteiger partial charge in [0.1, 0.15) is 0 Å². The van der Waals surface area contributed by atoms with Gasteiger partial charge in [0.2, 0.25) is 21.8 Å².